The lowest BCUT2D eigenvalue weighted by molar-refractivity contribution is -0.120. The van der Waals surface area contributed by atoms with E-state index in [0.717, 1.165) is 25.7 Å². The van der Waals surface area contributed by atoms with E-state index in [2.05, 4.69) is 5.32 Å². The summed E-state index contributed by atoms with van der Waals surface area (Å²) in [6.45, 7) is 5.09. The van der Waals surface area contributed by atoms with Gasteiger partial charge in [-0.05, 0) is 57.2 Å². The topological polar surface area (TPSA) is 104 Å². The van der Waals surface area contributed by atoms with E-state index in [0.29, 0.717) is 50.3 Å². The number of anilines is 1. The van der Waals surface area contributed by atoms with Gasteiger partial charge in [0.05, 0.1) is 10.6 Å². The predicted octanol–water partition coefficient (Wildman–Crippen LogP) is 2.56. The van der Waals surface area contributed by atoms with E-state index in [1.165, 1.54) is 4.31 Å². The quantitative estimate of drug-likeness (QED) is 0.687. The molecule has 0 unspecified atom stereocenters. The SMILES string of the molecule is CCS(=O)(=O)N1CCC(C(=O)Nc2ccc(C)c(S(=O)(=O)N3CCCCCC3)c2)CC1. The first kappa shape index (κ1) is 24.2. The summed E-state index contributed by atoms with van der Waals surface area (Å²) in [5.41, 5.74) is 1.10. The molecule has 2 aliphatic heterocycles. The molecule has 2 fully saturated rings. The normalized spacial score (nSPS) is 20.3. The highest BCUT2D eigenvalue weighted by Gasteiger charge is 2.31. The van der Waals surface area contributed by atoms with Crippen molar-refractivity contribution >= 4 is 31.6 Å². The number of amides is 1. The Balaban J connectivity index is 1.70. The maximum absolute atomic E-state index is 13.2. The molecule has 8 nitrogen and oxygen atoms in total. The number of rotatable bonds is 6. The van der Waals surface area contributed by atoms with E-state index in [1.54, 1.807) is 36.4 Å². The zero-order valence-corrected chi connectivity index (χ0v) is 20.0. The molecule has 0 aliphatic carbocycles. The maximum atomic E-state index is 13.2. The molecule has 31 heavy (non-hydrogen) atoms. The highest BCUT2D eigenvalue weighted by molar-refractivity contribution is 7.89. The van der Waals surface area contributed by atoms with Gasteiger partial charge in [0.15, 0.2) is 0 Å². The van der Waals surface area contributed by atoms with Crippen molar-refractivity contribution < 1.29 is 21.6 Å². The summed E-state index contributed by atoms with van der Waals surface area (Å²) < 4.78 is 53.4. The Kier molecular flexibility index (Phi) is 7.77. The van der Waals surface area contributed by atoms with Crippen molar-refractivity contribution in [3.63, 3.8) is 0 Å². The van der Waals surface area contributed by atoms with Gasteiger partial charge in [0.1, 0.15) is 0 Å². The molecule has 1 aromatic carbocycles. The van der Waals surface area contributed by atoms with E-state index in [4.69, 9.17) is 0 Å². The van der Waals surface area contributed by atoms with E-state index in [9.17, 15) is 21.6 Å². The smallest absolute Gasteiger partial charge is 0.243 e. The van der Waals surface area contributed by atoms with Crippen molar-refractivity contribution in [3.8, 4) is 0 Å². The van der Waals surface area contributed by atoms with Crippen molar-refractivity contribution in [2.24, 2.45) is 5.92 Å². The summed E-state index contributed by atoms with van der Waals surface area (Å²) in [5.74, 6) is -0.438. The van der Waals surface area contributed by atoms with Gasteiger partial charge in [0.2, 0.25) is 26.0 Å². The van der Waals surface area contributed by atoms with E-state index < -0.39 is 20.0 Å². The number of sulfonamides is 2. The Labute approximate surface area is 186 Å². The average Bonchev–Trinajstić information content (AvgIpc) is 3.05. The lowest BCUT2D eigenvalue weighted by atomic mass is 9.97. The van der Waals surface area contributed by atoms with Gasteiger partial charge in [0, 0.05) is 37.8 Å². The molecular formula is C21H33N3O5S2. The van der Waals surface area contributed by atoms with Crippen LogP contribution in [0.2, 0.25) is 0 Å². The third kappa shape index (κ3) is 5.66. The van der Waals surface area contributed by atoms with Crippen molar-refractivity contribution in [1.29, 1.82) is 0 Å². The van der Waals surface area contributed by atoms with E-state index in [1.807, 2.05) is 0 Å². The fraction of sp³-hybridized carbons (Fsp3) is 0.667. The minimum atomic E-state index is -3.62. The third-order valence-corrected chi connectivity index (χ3v) is 10.1. The van der Waals surface area contributed by atoms with E-state index >= 15 is 0 Å². The second-order valence-corrected chi connectivity index (χ2v) is 12.5. The van der Waals surface area contributed by atoms with Gasteiger partial charge in [-0.1, -0.05) is 18.9 Å². The Morgan fingerprint density at radius 2 is 1.58 bits per heavy atom. The Morgan fingerprint density at radius 1 is 0.968 bits per heavy atom. The summed E-state index contributed by atoms with van der Waals surface area (Å²) in [7, 11) is -6.86. The second kappa shape index (κ2) is 9.97. The van der Waals surface area contributed by atoms with Crippen molar-refractivity contribution in [2.45, 2.75) is 57.3 Å². The lowest BCUT2D eigenvalue weighted by Gasteiger charge is -2.30. The van der Waals surface area contributed by atoms with Crippen molar-refractivity contribution in [3.05, 3.63) is 23.8 Å². The van der Waals surface area contributed by atoms with Gasteiger partial charge >= 0.3 is 0 Å². The van der Waals surface area contributed by atoms with Crippen LogP contribution < -0.4 is 5.32 Å². The highest BCUT2D eigenvalue weighted by Crippen LogP contribution is 2.27. The van der Waals surface area contributed by atoms with Gasteiger partial charge in [-0.15, -0.1) is 0 Å². The molecule has 174 valence electrons. The molecule has 1 aromatic rings. The molecular weight excluding hydrogens is 438 g/mol. The maximum Gasteiger partial charge on any atom is 0.243 e. The summed E-state index contributed by atoms with van der Waals surface area (Å²) in [5, 5.41) is 2.84. The van der Waals surface area contributed by atoms with E-state index in [-0.39, 0.29) is 22.5 Å². The molecule has 2 heterocycles. The van der Waals surface area contributed by atoms with Crippen LogP contribution in [0.5, 0.6) is 0 Å². The fourth-order valence-electron chi connectivity index (χ4n) is 4.20. The molecule has 0 atom stereocenters. The van der Waals surface area contributed by atoms with Crippen LogP contribution in [-0.4, -0.2) is 63.3 Å². The van der Waals surface area contributed by atoms with Crippen LogP contribution in [0.4, 0.5) is 5.69 Å². The second-order valence-electron chi connectivity index (χ2n) is 8.36. The van der Waals surface area contributed by atoms with Crippen LogP contribution in [0.25, 0.3) is 0 Å². The lowest BCUT2D eigenvalue weighted by Crippen LogP contribution is -2.42. The molecule has 2 saturated heterocycles. The van der Waals surface area contributed by atoms with Crippen LogP contribution >= 0.6 is 0 Å². The van der Waals surface area contributed by atoms with Gasteiger partial charge < -0.3 is 5.32 Å². The number of hydrogen-bond acceptors (Lipinski definition) is 5. The molecule has 10 heteroatoms. The number of aryl methyl sites for hydroxylation is 1. The minimum absolute atomic E-state index is 0.0570. The third-order valence-electron chi connectivity index (χ3n) is 6.22. The summed E-state index contributed by atoms with van der Waals surface area (Å²) in [4.78, 5) is 13.0. The Bertz CT molecular complexity index is 992. The zero-order chi connectivity index (χ0) is 22.6. The molecule has 0 aromatic heterocycles. The molecule has 0 spiro atoms. The number of nitrogens with zero attached hydrogens (tertiary/aromatic N) is 2. The number of carbonyl (C=O) groups excluding carboxylic acids is 1. The van der Waals surface area contributed by atoms with Crippen molar-refractivity contribution in [1.82, 2.24) is 8.61 Å². The minimum Gasteiger partial charge on any atom is -0.326 e. The van der Waals surface area contributed by atoms with Gasteiger partial charge in [-0.2, -0.15) is 4.31 Å². The number of nitrogens with one attached hydrogen (secondary N) is 1. The molecule has 0 radical (unpaired) electrons. The Morgan fingerprint density at radius 3 is 2.16 bits per heavy atom. The number of hydrogen-bond donors (Lipinski definition) is 1. The average molecular weight is 472 g/mol. The number of piperidine rings is 1. The van der Waals surface area contributed by atoms with Gasteiger partial charge in [-0.25, -0.2) is 21.1 Å². The van der Waals surface area contributed by atoms with Crippen LogP contribution in [0, 0.1) is 12.8 Å². The summed E-state index contributed by atoms with van der Waals surface area (Å²) in [6.07, 6.45) is 4.72. The van der Waals surface area contributed by atoms with Crippen molar-refractivity contribution in [2.75, 3.05) is 37.2 Å². The summed E-state index contributed by atoms with van der Waals surface area (Å²) >= 11 is 0. The van der Waals surface area contributed by atoms with Gasteiger partial charge in [-0.3, -0.25) is 4.79 Å². The highest BCUT2D eigenvalue weighted by atomic mass is 32.2. The number of benzene rings is 1. The largest absolute Gasteiger partial charge is 0.326 e. The molecule has 0 saturated carbocycles. The van der Waals surface area contributed by atoms with Crippen LogP contribution in [0.1, 0.15) is 51.0 Å². The predicted molar refractivity (Wildman–Crippen MR) is 121 cm³/mol. The fourth-order valence-corrected chi connectivity index (χ4v) is 7.10. The standard InChI is InChI=1S/C21H33N3O5S2/c1-3-30(26,27)23-14-10-18(11-15-23)21(25)22-19-9-8-17(2)20(16-19)31(28,29)24-12-6-4-5-7-13-24/h8-9,16,18H,3-7,10-15H2,1-2H3,(H,22,25). The monoisotopic (exact) mass is 471 g/mol. The zero-order valence-electron chi connectivity index (χ0n) is 18.3. The summed E-state index contributed by atoms with van der Waals surface area (Å²) in [6, 6.07) is 4.98. The first-order valence-corrected chi connectivity index (χ1v) is 14.1. The molecule has 0 bridgehead atoms. The Hall–Kier alpha value is -1.49. The number of carbonyl (C=O) groups is 1. The first-order valence-electron chi connectivity index (χ1n) is 11.0. The molecule has 3 rings (SSSR count). The molecule has 1 N–H and O–H groups in total. The van der Waals surface area contributed by atoms with Crippen LogP contribution in [0.15, 0.2) is 23.1 Å². The van der Waals surface area contributed by atoms with Crippen LogP contribution in [-0.2, 0) is 24.8 Å². The first-order chi connectivity index (χ1) is 14.6. The van der Waals surface area contributed by atoms with Gasteiger partial charge in [0.25, 0.3) is 0 Å². The van der Waals surface area contributed by atoms with Crippen LogP contribution in [0.3, 0.4) is 0 Å². The molecule has 2 aliphatic rings. The molecule has 1 amide bonds.